The van der Waals surface area contributed by atoms with Crippen molar-refractivity contribution in [1.29, 1.82) is 0 Å². The molecule has 0 bridgehead atoms. The summed E-state index contributed by atoms with van der Waals surface area (Å²) in [4.78, 5) is 16.2. The zero-order valence-corrected chi connectivity index (χ0v) is 14.7. The molecule has 0 atom stereocenters. The number of hydrogen-bond donors (Lipinski definition) is 2. The number of methoxy groups -OCH3 is 1. The number of amides is 2. The number of nitrogens with one attached hydrogen (secondary N) is 2. The van der Waals surface area contributed by atoms with Gasteiger partial charge in [-0.05, 0) is 41.2 Å². The quantitative estimate of drug-likeness (QED) is 0.879. The predicted octanol–water partition coefficient (Wildman–Crippen LogP) is 3.75. The molecular formula is C19H25N3O2. The molecule has 0 radical (unpaired) electrons. The van der Waals surface area contributed by atoms with Crippen molar-refractivity contribution >= 4 is 11.7 Å². The molecule has 0 aliphatic rings. The number of carbonyl (C=O) groups is 1. The van der Waals surface area contributed by atoms with Crippen LogP contribution in [-0.2, 0) is 11.8 Å². The fourth-order valence-electron chi connectivity index (χ4n) is 2.31. The van der Waals surface area contributed by atoms with Crippen LogP contribution in [0.1, 0.15) is 31.9 Å². The van der Waals surface area contributed by atoms with Crippen molar-refractivity contribution in [2.45, 2.75) is 32.6 Å². The third-order valence-corrected chi connectivity index (χ3v) is 3.74. The Labute approximate surface area is 143 Å². The molecule has 0 fully saturated rings. The average molecular weight is 327 g/mol. The first-order valence-electron chi connectivity index (χ1n) is 8.02. The van der Waals surface area contributed by atoms with Gasteiger partial charge in [0.2, 0.25) is 0 Å². The Morgan fingerprint density at radius 2 is 2.04 bits per heavy atom. The number of rotatable bonds is 5. The van der Waals surface area contributed by atoms with Crippen LogP contribution in [0.25, 0.3) is 0 Å². The average Bonchev–Trinajstić information content (AvgIpc) is 2.55. The standard InChI is InChI=1S/C19H25N3O2/c1-19(2,3)15-7-8-17(24-4)16(12-15)22-18(23)21-11-9-14-6-5-10-20-13-14/h5-8,10,12-13H,9,11H2,1-4H3,(H2,21,22,23). The summed E-state index contributed by atoms with van der Waals surface area (Å²) in [5.41, 5.74) is 2.89. The van der Waals surface area contributed by atoms with Crippen molar-refractivity contribution in [3.63, 3.8) is 0 Å². The van der Waals surface area contributed by atoms with Crippen LogP contribution in [0, 0.1) is 0 Å². The van der Waals surface area contributed by atoms with E-state index in [4.69, 9.17) is 4.74 Å². The summed E-state index contributed by atoms with van der Waals surface area (Å²) in [5.74, 6) is 0.644. The summed E-state index contributed by atoms with van der Waals surface area (Å²) in [7, 11) is 1.59. The second-order valence-corrected chi connectivity index (χ2v) is 6.66. The van der Waals surface area contributed by atoms with Crippen molar-refractivity contribution in [2.75, 3.05) is 19.0 Å². The molecule has 2 aromatic rings. The van der Waals surface area contributed by atoms with Crippen LogP contribution in [0.4, 0.5) is 10.5 Å². The Morgan fingerprint density at radius 1 is 1.25 bits per heavy atom. The zero-order valence-electron chi connectivity index (χ0n) is 14.7. The normalized spacial score (nSPS) is 11.0. The van der Waals surface area contributed by atoms with E-state index in [2.05, 4.69) is 36.4 Å². The molecule has 0 aliphatic carbocycles. The van der Waals surface area contributed by atoms with Gasteiger partial charge < -0.3 is 15.4 Å². The van der Waals surface area contributed by atoms with E-state index in [0.717, 1.165) is 17.5 Å². The van der Waals surface area contributed by atoms with Gasteiger partial charge in [-0.2, -0.15) is 0 Å². The van der Waals surface area contributed by atoms with E-state index in [9.17, 15) is 4.79 Å². The lowest BCUT2D eigenvalue weighted by Crippen LogP contribution is -2.30. The van der Waals surface area contributed by atoms with Gasteiger partial charge in [-0.15, -0.1) is 0 Å². The van der Waals surface area contributed by atoms with Crippen LogP contribution in [0.2, 0.25) is 0 Å². The van der Waals surface area contributed by atoms with Gasteiger partial charge in [0.15, 0.2) is 0 Å². The summed E-state index contributed by atoms with van der Waals surface area (Å²) in [6, 6.07) is 9.49. The number of aromatic nitrogens is 1. The van der Waals surface area contributed by atoms with Crippen molar-refractivity contribution in [1.82, 2.24) is 10.3 Å². The molecule has 0 unspecified atom stereocenters. The number of urea groups is 1. The van der Waals surface area contributed by atoms with Crippen LogP contribution >= 0.6 is 0 Å². The number of anilines is 1. The lowest BCUT2D eigenvalue weighted by Gasteiger charge is -2.21. The Bertz CT molecular complexity index is 679. The van der Waals surface area contributed by atoms with Gasteiger partial charge >= 0.3 is 6.03 Å². The topological polar surface area (TPSA) is 63.2 Å². The first-order chi connectivity index (χ1) is 11.4. The molecule has 0 saturated heterocycles. The number of pyridine rings is 1. The molecule has 128 valence electrons. The Balaban J connectivity index is 1.97. The molecule has 2 rings (SSSR count). The Morgan fingerprint density at radius 3 is 2.67 bits per heavy atom. The number of carbonyl (C=O) groups excluding carboxylic acids is 1. The number of hydrogen-bond acceptors (Lipinski definition) is 3. The Hall–Kier alpha value is -2.56. The maximum atomic E-state index is 12.1. The van der Waals surface area contributed by atoms with Crippen LogP contribution in [-0.4, -0.2) is 24.7 Å². The van der Waals surface area contributed by atoms with Gasteiger partial charge in [0.25, 0.3) is 0 Å². The van der Waals surface area contributed by atoms with E-state index in [1.165, 1.54) is 0 Å². The third-order valence-electron chi connectivity index (χ3n) is 3.74. The lowest BCUT2D eigenvalue weighted by molar-refractivity contribution is 0.252. The summed E-state index contributed by atoms with van der Waals surface area (Å²) in [6.45, 7) is 6.93. The fraction of sp³-hybridized carbons (Fsp3) is 0.368. The molecule has 0 spiro atoms. The summed E-state index contributed by atoms with van der Waals surface area (Å²) < 4.78 is 5.34. The second-order valence-electron chi connectivity index (χ2n) is 6.66. The molecule has 24 heavy (non-hydrogen) atoms. The van der Waals surface area contributed by atoms with E-state index in [-0.39, 0.29) is 11.4 Å². The monoisotopic (exact) mass is 327 g/mol. The number of benzene rings is 1. The first kappa shape index (κ1) is 17.8. The highest BCUT2D eigenvalue weighted by atomic mass is 16.5. The van der Waals surface area contributed by atoms with Gasteiger partial charge in [-0.25, -0.2) is 4.79 Å². The summed E-state index contributed by atoms with van der Waals surface area (Å²) in [5, 5.41) is 5.73. The molecule has 1 aromatic carbocycles. The van der Waals surface area contributed by atoms with Gasteiger partial charge in [-0.1, -0.05) is 32.9 Å². The predicted molar refractivity (Wildman–Crippen MR) is 96.7 cm³/mol. The molecule has 1 aromatic heterocycles. The number of ether oxygens (including phenoxy) is 1. The van der Waals surface area contributed by atoms with Crippen molar-refractivity contribution in [3.05, 3.63) is 53.9 Å². The van der Waals surface area contributed by atoms with Crippen LogP contribution in [0.5, 0.6) is 5.75 Å². The van der Waals surface area contributed by atoms with Crippen molar-refractivity contribution < 1.29 is 9.53 Å². The largest absolute Gasteiger partial charge is 0.495 e. The van der Waals surface area contributed by atoms with Crippen LogP contribution in [0.3, 0.4) is 0 Å². The summed E-state index contributed by atoms with van der Waals surface area (Å²) >= 11 is 0. The minimum atomic E-state index is -0.247. The second kappa shape index (κ2) is 7.81. The van der Waals surface area contributed by atoms with Gasteiger partial charge in [-0.3, -0.25) is 4.98 Å². The van der Waals surface area contributed by atoms with Gasteiger partial charge in [0.05, 0.1) is 12.8 Å². The van der Waals surface area contributed by atoms with E-state index in [0.29, 0.717) is 18.0 Å². The van der Waals surface area contributed by atoms with Crippen molar-refractivity contribution in [3.8, 4) is 5.75 Å². The van der Waals surface area contributed by atoms with E-state index >= 15 is 0 Å². The highest BCUT2D eigenvalue weighted by Gasteiger charge is 2.16. The SMILES string of the molecule is COc1ccc(C(C)(C)C)cc1NC(=O)NCCc1cccnc1. The molecular weight excluding hydrogens is 302 g/mol. The highest BCUT2D eigenvalue weighted by molar-refractivity contribution is 5.91. The molecule has 1 heterocycles. The molecule has 5 nitrogen and oxygen atoms in total. The minimum Gasteiger partial charge on any atom is -0.495 e. The third kappa shape index (κ3) is 4.98. The molecule has 5 heteroatoms. The lowest BCUT2D eigenvalue weighted by atomic mass is 9.87. The molecule has 2 amide bonds. The zero-order chi connectivity index (χ0) is 17.6. The van der Waals surface area contributed by atoms with E-state index < -0.39 is 0 Å². The smallest absolute Gasteiger partial charge is 0.319 e. The maximum Gasteiger partial charge on any atom is 0.319 e. The minimum absolute atomic E-state index is 0.000509. The maximum absolute atomic E-state index is 12.1. The number of nitrogens with zero attached hydrogens (tertiary/aromatic N) is 1. The molecule has 0 aliphatic heterocycles. The van der Waals surface area contributed by atoms with Crippen molar-refractivity contribution in [2.24, 2.45) is 0 Å². The Kier molecular flexibility index (Phi) is 5.79. The summed E-state index contributed by atoms with van der Waals surface area (Å²) in [6.07, 6.45) is 4.27. The van der Waals surface area contributed by atoms with E-state index in [1.54, 1.807) is 19.5 Å². The van der Waals surface area contributed by atoms with Crippen LogP contribution < -0.4 is 15.4 Å². The van der Waals surface area contributed by atoms with Gasteiger partial charge in [0.1, 0.15) is 5.75 Å². The first-order valence-corrected chi connectivity index (χ1v) is 8.02. The fourth-order valence-corrected chi connectivity index (χ4v) is 2.31. The van der Waals surface area contributed by atoms with Gasteiger partial charge in [0, 0.05) is 18.9 Å². The van der Waals surface area contributed by atoms with Crippen LogP contribution in [0.15, 0.2) is 42.7 Å². The van der Waals surface area contributed by atoms with E-state index in [1.807, 2.05) is 30.3 Å². The molecule has 2 N–H and O–H groups in total. The molecule has 0 saturated carbocycles. The highest BCUT2D eigenvalue weighted by Crippen LogP contribution is 2.31.